The number of phenols is 1. The molecule has 0 amide bonds. The van der Waals surface area contributed by atoms with Crippen LogP contribution in [0.4, 0.5) is 0 Å². The largest absolute Gasteiger partial charge is 0.508 e. The molecular formula is C21H27NO. The smallest absolute Gasteiger partial charge is 0.115 e. The van der Waals surface area contributed by atoms with E-state index in [0.717, 1.165) is 13.0 Å². The maximum Gasteiger partial charge on any atom is 0.115 e. The summed E-state index contributed by atoms with van der Waals surface area (Å²) in [7, 11) is 0. The van der Waals surface area contributed by atoms with Gasteiger partial charge in [-0.1, -0.05) is 48.9 Å². The van der Waals surface area contributed by atoms with Crippen LogP contribution < -0.4 is 5.32 Å². The molecule has 1 fully saturated rings. The van der Waals surface area contributed by atoms with Crippen molar-refractivity contribution in [1.82, 2.24) is 5.32 Å². The van der Waals surface area contributed by atoms with Gasteiger partial charge in [0.05, 0.1) is 0 Å². The summed E-state index contributed by atoms with van der Waals surface area (Å²) >= 11 is 0. The molecule has 2 N–H and O–H groups in total. The number of aromatic hydroxyl groups is 1. The normalized spacial score (nSPS) is 21.2. The van der Waals surface area contributed by atoms with Crippen LogP contribution in [0.15, 0.2) is 54.6 Å². The quantitative estimate of drug-likeness (QED) is 0.762. The Kier molecular flexibility index (Phi) is 5.71. The van der Waals surface area contributed by atoms with E-state index in [2.05, 4.69) is 47.8 Å². The Morgan fingerprint density at radius 3 is 2.52 bits per heavy atom. The van der Waals surface area contributed by atoms with Crippen molar-refractivity contribution in [2.45, 2.75) is 50.5 Å². The predicted octanol–water partition coefficient (Wildman–Crippen LogP) is 4.64. The Hall–Kier alpha value is -1.80. The topological polar surface area (TPSA) is 32.3 Å². The number of phenolic OH excluding ortho intramolecular Hbond substituents is 1. The molecule has 1 aliphatic rings. The average molecular weight is 309 g/mol. The highest BCUT2D eigenvalue weighted by Crippen LogP contribution is 2.33. The first-order valence-electron chi connectivity index (χ1n) is 8.87. The van der Waals surface area contributed by atoms with Crippen LogP contribution in [0.25, 0.3) is 0 Å². The molecule has 0 bridgehead atoms. The van der Waals surface area contributed by atoms with Crippen LogP contribution in [0.1, 0.15) is 49.1 Å². The van der Waals surface area contributed by atoms with Gasteiger partial charge in [-0.3, -0.25) is 0 Å². The maximum atomic E-state index is 9.43. The van der Waals surface area contributed by atoms with E-state index < -0.39 is 0 Å². The summed E-state index contributed by atoms with van der Waals surface area (Å²) in [6, 6.07) is 19.2. The second kappa shape index (κ2) is 8.16. The van der Waals surface area contributed by atoms with Crippen LogP contribution in [0.2, 0.25) is 0 Å². The predicted molar refractivity (Wildman–Crippen MR) is 95.9 cm³/mol. The van der Waals surface area contributed by atoms with E-state index in [4.69, 9.17) is 0 Å². The molecule has 2 aromatic carbocycles. The lowest BCUT2D eigenvalue weighted by Crippen LogP contribution is -2.34. The summed E-state index contributed by atoms with van der Waals surface area (Å²) in [4.78, 5) is 0. The molecule has 0 spiro atoms. The zero-order valence-corrected chi connectivity index (χ0v) is 13.7. The lowest BCUT2D eigenvalue weighted by Gasteiger charge is -2.30. The Morgan fingerprint density at radius 1 is 0.957 bits per heavy atom. The van der Waals surface area contributed by atoms with Gasteiger partial charge in [0, 0.05) is 6.04 Å². The molecule has 1 aliphatic carbocycles. The summed E-state index contributed by atoms with van der Waals surface area (Å²) in [5.41, 5.74) is 2.80. The Balaban J connectivity index is 1.43. The first-order valence-corrected chi connectivity index (χ1v) is 8.87. The minimum absolute atomic E-state index is 0.361. The first kappa shape index (κ1) is 16.1. The van der Waals surface area contributed by atoms with E-state index in [0.29, 0.717) is 17.7 Å². The highest BCUT2D eigenvalue weighted by Gasteiger charge is 2.22. The lowest BCUT2D eigenvalue weighted by molar-refractivity contribution is 0.338. The van der Waals surface area contributed by atoms with Crippen LogP contribution >= 0.6 is 0 Å². The summed E-state index contributed by atoms with van der Waals surface area (Å²) in [5, 5.41) is 13.2. The summed E-state index contributed by atoms with van der Waals surface area (Å²) < 4.78 is 0. The van der Waals surface area contributed by atoms with Crippen LogP contribution in [0, 0.1) is 0 Å². The van der Waals surface area contributed by atoms with Gasteiger partial charge in [-0.2, -0.15) is 0 Å². The van der Waals surface area contributed by atoms with Crippen molar-refractivity contribution in [3.8, 4) is 5.75 Å². The van der Waals surface area contributed by atoms with Gasteiger partial charge in [0.15, 0.2) is 0 Å². The molecule has 2 atom stereocenters. The highest BCUT2D eigenvalue weighted by atomic mass is 16.3. The molecule has 0 saturated heterocycles. The number of rotatable bonds is 6. The van der Waals surface area contributed by atoms with Crippen molar-refractivity contribution < 1.29 is 5.11 Å². The molecule has 1 saturated carbocycles. The fourth-order valence-electron chi connectivity index (χ4n) is 3.67. The number of hydrogen-bond donors (Lipinski definition) is 2. The van der Waals surface area contributed by atoms with Crippen LogP contribution in [0.5, 0.6) is 5.75 Å². The van der Waals surface area contributed by atoms with Gasteiger partial charge in [-0.15, -0.1) is 0 Å². The van der Waals surface area contributed by atoms with E-state index in [1.807, 2.05) is 12.1 Å². The number of hydrogen-bond acceptors (Lipinski definition) is 2. The van der Waals surface area contributed by atoms with E-state index >= 15 is 0 Å². The zero-order valence-electron chi connectivity index (χ0n) is 13.7. The molecule has 0 aliphatic heterocycles. The van der Waals surface area contributed by atoms with Gasteiger partial charge in [0.25, 0.3) is 0 Å². The van der Waals surface area contributed by atoms with Gasteiger partial charge in [0.1, 0.15) is 5.75 Å². The molecule has 122 valence electrons. The maximum absolute atomic E-state index is 9.43. The second-order valence-electron chi connectivity index (χ2n) is 6.70. The zero-order chi connectivity index (χ0) is 15.9. The molecule has 2 nitrogen and oxygen atoms in total. The minimum Gasteiger partial charge on any atom is -0.508 e. The van der Waals surface area contributed by atoms with Crippen LogP contribution in [-0.2, 0) is 6.42 Å². The van der Waals surface area contributed by atoms with Crippen molar-refractivity contribution in [1.29, 1.82) is 0 Å². The number of nitrogens with one attached hydrogen (secondary N) is 1. The van der Waals surface area contributed by atoms with Crippen LogP contribution in [0.3, 0.4) is 0 Å². The van der Waals surface area contributed by atoms with Crippen LogP contribution in [-0.4, -0.2) is 17.7 Å². The summed E-state index contributed by atoms with van der Waals surface area (Å²) in [6.07, 6.45) is 7.43. The fourth-order valence-corrected chi connectivity index (χ4v) is 3.67. The molecule has 0 radical (unpaired) electrons. The SMILES string of the molecule is Oc1ccc(C2CCCC(NCCCc3ccccc3)C2)cc1. The fraction of sp³-hybridized carbons (Fsp3) is 0.429. The molecule has 3 rings (SSSR count). The van der Waals surface area contributed by atoms with Crippen molar-refractivity contribution in [3.63, 3.8) is 0 Å². The molecular weight excluding hydrogens is 282 g/mol. The molecule has 23 heavy (non-hydrogen) atoms. The van der Waals surface area contributed by atoms with Gasteiger partial charge in [0.2, 0.25) is 0 Å². The van der Waals surface area contributed by atoms with Gasteiger partial charge in [-0.05, 0) is 67.8 Å². The standard InChI is InChI=1S/C21H27NO/c23-21-13-11-18(12-14-21)19-9-4-10-20(16-19)22-15-5-8-17-6-2-1-3-7-17/h1-3,6-7,11-14,19-20,22-23H,4-5,8-10,15-16H2. The average Bonchev–Trinajstić information content (AvgIpc) is 2.61. The third-order valence-corrected chi connectivity index (χ3v) is 4.96. The Labute approximate surface area is 139 Å². The van der Waals surface area contributed by atoms with Gasteiger partial charge in [-0.25, -0.2) is 0 Å². The summed E-state index contributed by atoms with van der Waals surface area (Å²) in [5.74, 6) is 0.996. The molecule has 2 aromatic rings. The van der Waals surface area contributed by atoms with Crippen molar-refractivity contribution in [2.24, 2.45) is 0 Å². The molecule has 2 unspecified atom stereocenters. The Bertz CT molecular complexity index is 579. The molecule has 2 heteroatoms. The first-order chi connectivity index (χ1) is 11.3. The van der Waals surface area contributed by atoms with E-state index in [-0.39, 0.29) is 0 Å². The van der Waals surface area contributed by atoms with Gasteiger partial charge >= 0.3 is 0 Å². The van der Waals surface area contributed by atoms with E-state index in [1.165, 1.54) is 43.2 Å². The minimum atomic E-state index is 0.361. The van der Waals surface area contributed by atoms with E-state index in [9.17, 15) is 5.11 Å². The summed E-state index contributed by atoms with van der Waals surface area (Å²) in [6.45, 7) is 1.10. The molecule has 0 aromatic heterocycles. The highest BCUT2D eigenvalue weighted by molar-refractivity contribution is 5.28. The van der Waals surface area contributed by atoms with Crippen molar-refractivity contribution in [3.05, 3.63) is 65.7 Å². The molecule has 0 heterocycles. The monoisotopic (exact) mass is 309 g/mol. The third-order valence-electron chi connectivity index (χ3n) is 4.96. The van der Waals surface area contributed by atoms with Crippen molar-refractivity contribution in [2.75, 3.05) is 6.54 Å². The second-order valence-corrected chi connectivity index (χ2v) is 6.70. The number of aryl methyl sites for hydroxylation is 1. The van der Waals surface area contributed by atoms with E-state index in [1.54, 1.807) is 0 Å². The lowest BCUT2D eigenvalue weighted by atomic mass is 9.81. The Morgan fingerprint density at radius 2 is 1.74 bits per heavy atom. The third kappa shape index (κ3) is 4.84. The van der Waals surface area contributed by atoms with Crippen molar-refractivity contribution >= 4 is 0 Å². The number of benzene rings is 2. The van der Waals surface area contributed by atoms with Gasteiger partial charge < -0.3 is 10.4 Å².